The summed E-state index contributed by atoms with van der Waals surface area (Å²) in [6, 6.07) is 9.80. The van der Waals surface area contributed by atoms with Crippen molar-refractivity contribution in [1.82, 2.24) is 5.32 Å². The summed E-state index contributed by atoms with van der Waals surface area (Å²) in [7, 11) is 2.15. The first-order valence-electron chi connectivity index (χ1n) is 8.59. The number of rotatable bonds is 5. The second-order valence-corrected chi connectivity index (χ2v) is 6.87. The molecular formula is C19H29N. The van der Waals surface area contributed by atoms with E-state index in [0.29, 0.717) is 6.04 Å². The Bertz CT molecular complexity index is 435. The SMILES string of the molecule is CCC1CCC(C(NC)c2ccccc2C2CCC2)C1. The Morgan fingerprint density at radius 1 is 1.15 bits per heavy atom. The van der Waals surface area contributed by atoms with E-state index in [-0.39, 0.29) is 0 Å². The summed E-state index contributed by atoms with van der Waals surface area (Å²) in [4.78, 5) is 0. The first-order valence-corrected chi connectivity index (χ1v) is 8.59. The van der Waals surface area contributed by atoms with Crippen LogP contribution in [0.15, 0.2) is 24.3 Å². The van der Waals surface area contributed by atoms with Crippen LogP contribution in [0.4, 0.5) is 0 Å². The van der Waals surface area contributed by atoms with Crippen molar-refractivity contribution in [3.63, 3.8) is 0 Å². The average molecular weight is 271 g/mol. The van der Waals surface area contributed by atoms with Crippen molar-refractivity contribution < 1.29 is 0 Å². The molecule has 0 bridgehead atoms. The molecule has 0 spiro atoms. The summed E-state index contributed by atoms with van der Waals surface area (Å²) >= 11 is 0. The zero-order chi connectivity index (χ0) is 13.9. The number of hydrogen-bond donors (Lipinski definition) is 1. The highest BCUT2D eigenvalue weighted by atomic mass is 14.9. The van der Waals surface area contributed by atoms with E-state index in [0.717, 1.165) is 17.8 Å². The molecule has 2 fully saturated rings. The lowest BCUT2D eigenvalue weighted by Gasteiger charge is -2.32. The van der Waals surface area contributed by atoms with Gasteiger partial charge in [0.15, 0.2) is 0 Å². The Morgan fingerprint density at radius 3 is 2.55 bits per heavy atom. The van der Waals surface area contributed by atoms with Gasteiger partial charge >= 0.3 is 0 Å². The largest absolute Gasteiger partial charge is 0.313 e. The predicted octanol–water partition coefficient (Wildman–Crippen LogP) is 5.04. The minimum Gasteiger partial charge on any atom is -0.313 e. The quantitative estimate of drug-likeness (QED) is 0.791. The molecule has 3 unspecified atom stereocenters. The van der Waals surface area contributed by atoms with Gasteiger partial charge in [0.1, 0.15) is 0 Å². The summed E-state index contributed by atoms with van der Waals surface area (Å²) in [6.45, 7) is 2.35. The van der Waals surface area contributed by atoms with E-state index in [1.54, 1.807) is 11.1 Å². The van der Waals surface area contributed by atoms with Gasteiger partial charge in [-0.05, 0) is 61.6 Å². The van der Waals surface area contributed by atoms with Crippen LogP contribution in [0.1, 0.15) is 75.0 Å². The van der Waals surface area contributed by atoms with Crippen LogP contribution in [0.3, 0.4) is 0 Å². The van der Waals surface area contributed by atoms with Crippen molar-refractivity contribution in [2.24, 2.45) is 11.8 Å². The van der Waals surface area contributed by atoms with Gasteiger partial charge in [0.05, 0.1) is 0 Å². The Kier molecular flexibility index (Phi) is 4.45. The van der Waals surface area contributed by atoms with E-state index in [4.69, 9.17) is 0 Å². The van der Waals surface area contributed by atoms with Crippen LogP contribution in [0.5, 0.6) is 0 Å². The molecule has 0 saturated heterocycles. The van der Waals surface area contributed by atoms with Crippen molar-refractivity contribution in [1.29, 1.82) is 0 Å². The number of benzene rings is 1. The van der Waals surface area contributed by atoms with E-state index >= 15 is 0 Å². The van der Waals surface area contributed by atoms with Gasteiger partial charge in [-0.1, -0.05) is 50.5 Å². The maximum absolute atomic E-state index is 3.65. The third kappa shape index (κ3) is 2.65. The molecule has 0 heterocycles. The summed E-state index contributed by atoms with van der Waals surface area (Å²) in [5.74, 6) is 2.64. The minimum atomic E-state index is 0.573. The van der Waals surface area contributed by atoms with Crippen LogP contribution in [-0.4, -0.2) is 7.05 Å². The summed E-state index contributed by atoms with van der Waals surface area (Å²) in [5, 5.41) is 3.65. The predicted molar refractivity (Wildman–Crippen MR) is 86.0 cm³/mol. The second-order valence-electron chi connectivity index (χ2n) is 6.87. The number of hydrogen-bond acceptors (Lipinski definition) is 1. The van der Waals surface area contributed by atoms with Crippen LogP contribution in [0, 0.1) is 11.8 Å². The van der Waals surface area contributed by atoms with Crippen LogP contribution in [0.2, 0.25) is 0 Å². The molecule has 3 rings (SSSR count). The van der Waals surface area contributed by atoms with Crippen LogP contribution >= 0.6 is 0 Å². The van der Waals surface area contributed by atoms with Crippen LogP contribution in [-0.2, 0) is 0 Å². The van der Waals surface area contributed by atoms with Crippen molar-refractivity contribution in [2.45, 2.75) is 63.8 Å². The molecule has 0 radical (unpaired) electrons. The number of nitrogens with one attached hydrogen (secondary N) is 1. The third-order valence-electron chi connectivity index (χ3n) is 5.82. The molecular weight excluding hydrogens is 242 g/mol. The molecule has 1 heteroatoms. The fourth-order valence-corrected chi connectivity index (χ4v) is 4.32. The standard InChI is InChI=1S/C19H29N/c1-3-14-11-12-16(13-14)19(20-2)18-10-5-4-9-17(18)15-7-6-8-15/h4-5,9-10,14-16,19-20H,3,6-8,11-13H2,1-2H3. The van der Waals surface area contributed by atoms with Gasteiger partial charge in [0, 0.05) is 6.04 Å². The molecule has 0 amide bonds. The summed E-state index contributed by atoms with van der Waals surface area (Å²) in [5.41, 5.74) is 3.24. The summed E-state index contributed by atoms with van der Waals surface area (Å²) < 4.78 is 0. The highest BCUT2D eigenvalue weighted by molar-refractivity contribution is 5.34. The maximum atomic E-state index is 3.65. The van der Waals surface area contributed by atoms with Gasteiger partial charge < -0.3 is 5.32 Å². The molecule has 0 aromatic heterocycles. The third-order valence-corrected chi connectivity index (χ3v) is 5.82. The smallest absolute Gasteiger partial charge is 0.0349 e. The Hall–Kier alpha value is -0.820. The molecule has 2 aliphatic carbocycles. The fourth-order valence-electron chi connectivity index (χ4n) is 4.32. The monoisotopic (exact) mass is 271 g/mol. The van der Waals surface area contributed by atoms with Crippen molar-refractivity contribution in [3.05, 3.63) is 35.4 Å². The molecule has 2 aliphatic rings. The second kappa shape index (κ2) is 6.30. The Labute approximate surface area is 124 Å². The van der Waals surface area contributed by atoms with Crippen molar-refractivity contribution in [2.75, 3.05) is 7.05 Å². The molecule has 2 saturated carbocycles. The topological polar surface area (TPSA) is 12.0 Å². The lowest BCUT2D eigenvalue weighted by molar-refractivity contribution is 0.360. The first-order chi connectivity index (χ1) is 9.83. The molecule has 110 valence electrons. The van der Waals surface area contributed by atoms with Crippen molar-refractivity contribution >= 4 is 0 Å². The highest BCUT2D eigenvalue weighted by Crippen LogP contribution is 2.44. The zero-order valence-corrected chi connectivity index (χ0v) is 13.1. The molecule has 1 N–H and O–H groups in total. The van der Waals surface area contributed by atoms with Gasteiger partial charge in [-0.2, -0.15) is 0 Å². The fraction of sp³-hybridized carbons (Fsp3) is 0.684. The van der Waals surface area contributed by atoms with Gasteiger partial charge in [-0.3, -0.25) is 0 Å². The molecule has 1 nitrogen and oxygen atoms in total. The normalized spacial score (nSPS) is 28.3. The van der Waals surface area contributed by atoms with Gasteiger partial charge in [0.2, 0.25) is 0 Å². The minimum absolute atomic E-state index is 0.573. The molecule has 3 atom stereocenters. The van der Waals surface area contributed by atoms with E-state index in [2.05, 4.69) is 43.6 Å². The Balaban J connectivity index is 1.82. The first kappa shape index (κ1) is 14.1. The maximum Gasteiger partial charge on any atom is 0.0349 e. The van der Waals surface area contributed by atoms with E-state index in [1.165, 1.54) is 44.9 Å². The van der Waals surface area contributed by atoms with Crippen molar-refractivity contribution in [3.8, 4) is 0 Å². The summed E-state index contributed by atoms with van der Waals surface area (Å²) in [6.07, 6.45) is 9.84. The Morgan fingerprint density at radius 2 is 1.95 bits per heavy atom. The lowest BCUT2D eigenvalue weighted by Crippen LogP contribution is -2.26. The average Bonchev–Trinajstić information content (AvgIpc) is 2.88. The van der Waals surface area contributed by atoms with Gasteiger partial charge in [0.25, 0.3) is 0 Å². The lowest BCUT2D eigenvalue weighted by atomic mass is 9.75. The van der Waals surface area contributed by atoms with Crippen LogP contribution in [0.25, 0.3) is 0 Å². The van der Waals surface area contributed by atoms with Gasteiger partial charge in [-0.25, -0.2) is 0 Å². The van der Waals surface area contributed by atoms with Crippen LogP contribution < -0.4 is 5.32 Å². The molecule has 1 aromatic carbocycles. The zero-order valence-electron chi connectivity index (χ0n) is 13.1. The molecule has 0 aliphatic heterocycles. The van der Waals surface area contributed by atoms with E-state index in [9.17, 15) is 0 Å². The molecule has 20 heavy (non-hydrogen) atoms. The van der Waals surface area contributed by atoms with Gasteiger partial charge in [-0.15, -0.1) is 0 Å². The highest BCUT2D eigenvalue weighted by Gasteiger charge is 2.32. The van der Waals surface area contributed by atoms with E-state index < -0.39 is 0 Å². The van der Waals surface area contributed by atoms with E-state index in [1.807, 2.05) is 0 Å². The molecule has 1 aromatic rings.